The summed E-state index contributed by atoms with van der Waals surface area (Å²) in [5.74, 6) is 0.574. The minimum atomic E-state index is 0.179. The third kappa shape index (κ3) is 2.53. The summed E-state index contributed by atoms with van der Waals surface area (Å²) in [7, 11) is 0. The Kier molecular flexibility index (Phi) is 3.66. The first-order chi connectivity index (χ1) is 7.31. The highest BCUT2D eigenvalue weighted by Crippen LogP contribution is 2.35. The number of ether oxygens (including phenoxy) is 1. The van der Waals surface area contributed by atoms with Gasteiger partial charge in [0.1, 0.15) is 16.1 Å². The van der Waals surface area contributed by atoms with Crippen LogP contribution in [0.25, 0.3) is 0 Å². The van der Waals surface area contributed by atoms with Gasteiger partial charge in [-0.3, -0.25) is 0 Å². The number of hydrogen-bond acceptors (Lipinski definition) is 5. The average molecular weight is 227 g/mol. The fourth-order valence-corrected chi connectivity index (χ4v) is 2.69. The van der Waals surface area contributed by atoms with Gasteiger partial charge in [-0.1, -0.05) is 25.2 Å². The molecule has 0 aromatic carbocycles. The summed E-state index contributed by atoms with van der Waals surface area (Å²) < 4.78 is 5.66. The Labute approximate surface area is 94.1 Å². The predicted octanol–water partition coefficient (Wildman–Crippen LogP) is 1.75. The van der Waals surface area contributed by atoms with Crippen molar-refractivity contribution in [2.45, 2.75) is 32.9 Å². The Hall–Kier alpha value is -0.520. The van der Waals surface area contributed by atoms with Crippen LogP contribution in [0.5, 0.6) is 0 Å². The van der Waals surface area contributed by atoms with Crippen molar-refractivity contribution in [3.63, 3.8) is 0 Å². The van der Waals surface area contributed by atoms with Crippen molar-refractivity contribution in [3.05, 3.63) is 10.0 Å². The Balaban J connectivity index is 1.99. The van der Waals surface area contributed by atoms with Crippen molar-refractivity contribution in [1.82, 2.24) is 15.5 Å². The molecular formula is C10H17N3OS. The van der Waals surface area contributed by atoms with Gasteiger partial charge in [0.25, 0.3) is 0 Å². The van der Waals surface area contributed by atoms with Gasteiger partial charge in [0.15, 0.2) is 0 Å². The molecule has 1 fully saturated rings. The molecule has 84 valence electrons. The molecule has 0 spiro atoms. The van der Waals surface area contributed by atoms with E-state index in [9.17, 15) is 0 Å². The molecule has 0 aliphatic carbocycles. The summed E-state index contributed by atoms with van der Waals surface area (Å²) in [6.07, 6.45) is 1.31. The smallest absolute Gasteiger partial charge is 0.146 e. The Morgan fingerprint density at radius 2 is 2.40 bits per heavy atom. The molecule has 2 heterocycles. The molecule has 15 heavy (non-hydrogen) atoms. The first kappa shape index (κ1) is 11.0. The molecule has 1 aromatic heterocycles. The summed E-state index contributed by atoms with van der Waals surface area (Å²) in [4.78, 5) is 0. The molecule has 1 aromatic rings. The lowest BCUT2D eigenvalue weighted by atomic mass is 10.1. The van der Waals surface area contributed by atoms with E-state index in [0.717, 1.165) is 36.1 Å². The zero-order valence-corrected chi connectivity index (χ0v) is 10.0. The lowest BCUT2D eigenvalue weighted by molar-refractivity contribution is 0.0937. The predicted molar refractivity (Wildman–Crippen MR) is 59.8 cm³/mol. The van der Waals surface area contributed by atoms with Gasteiger partial charge in [0, 0.05) is 13.2 Å². The van der Waals surface area contributed by atoms with Crippen LogP contribution in [0.4, 0.5) is 0 Å². The molecule has 2 rings (SSSR count). The van der Waals surface area contributed by atoms with E-state index in [4.69, 9.17) is 4.74 Å². The van der Waals surface area contributed by atoms with Crippen molar-refractivity contribution in [3.8, 4) is 0 Å². The van der Waals surface area contributed by atoms with Crippen LogP contribution >= 0.6 is 11.3 Å². The standard InChI is InChI=1S/C10H17N3OS/c1-3-11-6-8-12-13-10(15-8)9-7(2)4-5-14-9/h7,9,11H,3-6H2,1-2H3. The van der Waals surface area contributed by atoms with Gasteiger partial charge in [-0.05, 0) is 18.9 Å². The van der Waals surface area contributed by atoms with Gasteiger partial charge in [-0.25, -0.2) is 0 Å². The molecule has 1 aliphatic rings. The van der Waals surface area contributed by atoms with Crippen LogP contribution in [0.3, 0.4) is 0 Å². The summed E-state index contributed by atoms with van der Waals surface area (Å²) >= 11 is 1.66. The summed E-state index contributed by atoms with van der Waals surface area (Å²) in [5, 5.41) is 13.7. The highest BCUT2D eigenvalue weighted by atomic mass is 32.1. The van der Waals surface area contributed by atoms with E-state index in [1.54, 1.807) is 11.3 Å². The monoisotopic (exact) mass is 227 g/mol. The van der Waals surface area contributed by atoms with Gasteiger partial charge in [0.2, 0.25) is 0 Å². The van der Waals surface area contributed by atoms with Crippen LogP contribution in [0.15, 0.2) is 0 Å². The lowest BCUT2D eigenvalue weighted by Gasteiger charge is -2.09. The van der Waals surface area contributed by atoms with E-state index < -0.39 is 0 Å². The molecule has 2 atom stereocenters. The van der Waals surface area contributed by atoms with E-state index in [1.165, 1.54) is 0 Å². The van der Waals surface area contributed by atoms with Crippen molar-refractivity contribution < 1.29 is 4.74 Å². The number of nitrogens with zero attached hydrogens (tertiary/aromatic N) is 2. The summed E-state index contributed by atoms with van der Waals surface area (Å²) in [6, 6.07) is 0. The second kappa shape index (κ2) is 5.01. The van der Waals surface area contributed by atoms with E-state index in [2.05, 4.69) is 29.4 Å². The molecule has 0 bridgehead atoms. The molecule has 1 N–H and O–H groups in total. The van der Waals surface area contributed by atoms with E-state index in [0.29, 0.717) is 5.92 Å². The molecular weight excluding hydrogens is 210 g/mol. The molecule has 1 saturated heterocycles. The van der Waals surface area contributed by atoms with Crippen molar-refractivity contribution >= 4 is 11.3 Å². The molecule has 0 saturated carbocycles. The fraction of sp³-hybridized carbons (Fsp3) is 0.800. The minimum Gasteiger partial charge on any atom is -0.371 e. The van der Waals surface area contributed by atoms with Gasteiger partial charge in [0.05, 0.1) is 0 Å². The van der Waals surface area contributed by atoms with E-state index in [1.807, 2.05) is 0 Å². The summed E-state index contributed by atoms with van der Waals surface area (Å²) in [5.41, 5.74) is 0. The zero-order valence-electron chi connectivity index (χ0n) is 9.19. The molecule has 0 radical (unpaired) electrons. The Bertz CT molecular complexity index is 315. The largest absolute Gasteiger partial charge is 0.371 e. The maximum atomic E-state index is 5.66. The molecule has 4 nitrogen and oxygen atoms in total. The first-order valence-corrected chi connectivity index (χ1v) is 6.27. The number of hydrogen-bond donors (Lipinski definition) is 1. The first-order valence-electron chi connectivity index (χ1n) is 5.46. The number of aromatic nitrogens is 2. The van der Waals surface area contributed by atoms with Crippen LogP contribution < -0.4 is 5.32 Å². The van der Waals surface area contributed by atoms with Crippen molar-refractivity contribution in [1.29, 1.82) is 0 Å². The van der Waals surface area contributed by atoms with Crippen LogP contribution in [-0.4, -0.2) is 23.3 Å². The average Bonchev–Trinajstić information content (AvgIpc) is 2.83. The maximum absolute atomic E-state index is 5.66. The third-order valence-electron chi connectivity index (χ3n) is 2.64. The molecule has 2 unspecified atom stereocenters. The van der Waals surface area contributed by atoms with Gasteiger partial charge < -0.3 is 10.1 Å². The quantitative estimate of drug-likeness (QED) is 0.851. The normalized spacial score (nSPS) is 26.0. The second-order valence-electron chi connectivity index (χ2n) is 3.87. The van der Waals surface area contributed by atoms with Gasteiger partial charge >= 0.3 is 0 Å². The minimum absolute atomic E-state index is 0.179. The third-order valence-corrected chi connectivity index (χ3v) is 3.62. The number of rotatable bonds is 4. The molecule has 0 amide bonds. The Morgan fingerprint density at radius 3 is 3.07 bits per heavy atom. The van der Waals surface area contributed by atoms with Crippen molar-refractivity contribution in [2.75, 3.05) is 13.2 Å². The summed E-state index contributed by atoms with van der Waals surface area (Å²) in [6.45, 7) is 6.93. The van der Waals surface area contributed by atoms with Crippen LogP contribution in [0.2, 0.25) is 0 Å². The van der Waals surface area contributed by atoms with Crippen LogP contribution in [-0.2, 0) is 11.3 Å². The SMILES string of the molecule is CCNCc1nnc(C2OCCC2C)s1. The highest BCUT2D eigenvalue weighted by molar-refractivity contribution is 7.11. The van der Waals surface area contributed by atoms with E-state index in [-0.39, 0.29) is 6.10 Å². The number of nitrogens with one attached hydrogen (secondary N) is 1. The highest BCUT2D eigenvalue weighted by Gasteiger charge is 2.28. The Morgan fingerprint density at radius 1 is 1.53 bits per heavy atom. The van der Waals surface area contributed by atoms with Crippen LogP contribution in [0.1, 0.15) is 36.4 Å². The molecule has 1 aliphatic heterocycles. The topological polar surface area (TPSA) is 47.0 Å². The molecule has 5 heteroatoms. The maximum Gasteiger partial charge on any atom is 0.146 e. The van der Waals surface area contributed by atoms with E-state index >= 15 is 0 Å². The van der Waals surface area contributed by atoms with Crippen LogP contribution in [0, 0.1) is 5.92 Å². The van der Waals surface area contributed by atoms with Gasteiger partial charge in [-0.15, -0.1) is 10.2 Å². The van der Waals surface area contributed by atoms with Crippen molar-refractivity contribution in [2.24, 2.45) is 5.92 Å². The fourth-order valence-electron chi connectivity index (χ4n) is 1.70. The van der Waals surface area contributed by atoms with Gasteiger partial charge in [-0.2, -0.15) is 0 Å². The second-order valence-corrected chi connectivity index (χ2v) is 4.97. The lowest BCUT2D eigenvalue weighted by Crippen LogP contribution is -2.11. The zero-order chi connectivity index (χ0) is 10.7.